The van der Waals surface area contributed by atoms with Gasteiger partial charge in [0.05, 0.1) is 5.56 Å². The van der Waals surface area contributed by atoms with Gasteiger partial charge in [-0.15, -0.1) is 0 Å². The van der Waals surface area contributed by atoms with Gasteiger partial charge < -0.3 is 0 Å². The first-order valence-corrected chi connectivity index (χ1v) is 33.1. The van der Waals surface area contributed by atoms with Crippen LogP contribution in [0.2, 0.25) is 0 Å². The smallest absolute Gasteiger partial charge is 0.260 e. The minimum absolute atomic E-state index is 0.0362. The van der Waals surface area contributed by atoms with Gasteiger partial charge in [0.15, 0.2) is 0 Å². The quantitative estimate of drug-likeness (QED) is 0.141. The van der Waals surface area contributed by atoms with Gasteiger partial charge in [-0.05, 0) is 168 Å². The number of aryl methyl sites for hydroxylation is 8. The molecule has 2 aromatic heterocycles. The first-order chi connectivity index (χ1) is 42.0. The first kappa shape index (κ1) is 84.4. The van der Waals surface area contributed by atoms with Crippen LogP contribution in [0, 0.1) is 61.2 Å². The van der Waals surface area contributed by atoms with Crippen molar-refractivity contribution in [2.45, 2.75) is 271 Å². The van der Waals surface area contributed by atoms with Crippen LogP contribution in [0.5, 0.6) is 0 Å². The number of rotatable bonds is 0. The van der Waals surface area contributed by atoms with Crippen molar-refractivity contribution in [1.29, 1.82) is 0 Å². The summed E-state index contributed by atoms with van der Waals surface area (Å²) in [7, 11) is 0. The Morgan fingerprint density at radius 2 is 0.591 bits per heavy atom. The lowest BCUT2D eigenvalue weighted by atomic mass is 9.85. The van der Waals surface area contributed by atoms with Crippen LogP contribution >= 0.6 is 0 Å². The van der Waals surface area contributed by atoms with E-state index < -0.39 is 11.7 Å². The third kappa shape index (κ3) is 33.3. The van der Waals surface area contributed by atoms with Crippen LogP contribution in [0.4, 0.5) is 17.6 Å². The maximum absolute atomic E-state index is 13.1. The Balaban J connectivity index is 0.000000533. The molecule has 2 heterocycles. The molecule has 0 bridgehead atoms. The predicted octanol–water partition coefficient (Wildman–Crippen LogP) is 26.3. The number of halogens is 4. The van der Waals surface area contributed by atoms with Crippen molar-refractivity contribution in [1.82, 2.24) is 9.97 Å². The van der Waals surface area contributed by atoms with E-state index >= 15 is 0 Å². The van der Waals surface area contributed by atoms with E-state index in [1.54, 1.807) is 19.1 Å². The van der Waals surface area contributed by atoms with Gasteiger partial charge in [0.25, 0.3) is 0 Å². The van der Waals surface area contributed by atoms with Crippen molar-refractivity contribution in [2.75, 3.05) is 0 Å². The SMILES string of the molecule is Cc1ccc(C(C)(C)C)cc1.Cc1ccc(C(C)(C)C)cc1.Cc1ccc(C(C)(C)C)cc1C(F)(F)F.Cc1ccc(C(C)(C)C)cc1F.Cc1ccc(C(C)(C)C)nc1.Cc1cccc(C(C)(C)C)c1.Cc1cccc(C(C)(C)C)c1.Cc1cccc(C(C)(C)C)n1. The molecular formula is C87H124F4N2. The molecule has 2 nitrogen and oxygen atoms in total. The van der Waals surface area contributed by atoms with Gasteiger partial charge in [-0.1, -0.05) is 322 Å². The summed E-state index contributed by atoms with van der Waals surface area (Å²) in [6, 6.07) is 55.2. The van der Waals surface area contributed by atoms with Crippen LogP contribution in [0.25, 0.3) is 0 Å². The second-order valence-electron chi connectivity index (χ2n) is 33.3. The van der Waals surface area contributed by atoms with Crippen LogP contribution in [0.15, 0.2) is 170 Å². The van der Waals surface area contributed by atoms with Crippen molar-refractivity contribution in [3.63, 3.8) is 0 Å². The fourth-order valence-corrected chi connectivity index (χ4v) is 8.66. The average molecular weight is 1270 g/mol. The van der Waals surface area contributed by atoms with Crippen LogP contribution in [-0.4, -0.2) is 9.97 Å². The van der Waals surface area contributed by atoms with E-state index in [1.165, 1.54) is 69.1 Å². The minimum Gasteiger partial charge on any atom is -0.260 e. The van der Waals surface area contributed by atoms with Crippen LogP contribution in [0.1, 0.15) is 261 Å². The molecule has 0 aliphatic rings. The highest BCUT2D eigenvalue weighted by atomic mass is 19.4. The van der Waals surface area contributed by atoms with E-state index in [2.05, 4.69) is 311 Å². The molecule has 0 fully saturated rings. The number of alkyl halides is 3. The largest absolute Gasteiger partial charge is 0.416 e. The predicted molar refractivity (Wildman–Crippen MR) is 400 cm³/mol. The molecule has 6 aromatic carbocycles. The molecule has 510 valence electrons. The lowest BCUT2D eigenvalue weighted by Gasteiger charge is -2.21. The number of hydrogen-bond acceptors (Lipinski definition) is 2. The second kappa shape index (κ2) is 35.2. The number of hydrogen-bond donors (Lipinski definition) is 0. The van der Waals surface area contributed by atoms with Gasteiger partial charge in [-0.2, -0.15) is 13.2 Å². The number of pyridine rings is 2. The summed E-state index contributed by atoms with van der Waals surface area (Å²) in [6.45, 7) is 67.7. The number of benzene rings is 6. The highest BCUT2D eigenvalue weighted by Gasteiger charge is 2.33. The Kier molecular flexibility index (Phi) is 31.9. The first-order valence-electron chi connectivity index (χ1n) is 33.1. The molecule has 93 heavy (non-hydrogen) atoms. The summed E-state index contributed by atoms with van der Waals surface area (Å²) < 4.78 is 51.0. The summed E-state index contributed by atoms with van der Waals surface area (Å²) in [6.07, 6.45) is -2.34. The highest BCUT2D eigenvalue weighted by Crippen LogP contribution is 2.35. The van der Waals surface area contributed by atoms with Gasteiger partial charge in [-0.25, -0.2) is 4.39 Å². The molecule has 0 aliphatic heterocycles. The normalized spacial score (nSPS) is 11.9. The van der Waals surface area contributed by atoms with Crippen molar-refractivity contribution in [2.24, 2.45) is 0 Å². The van der Waals surface area contributed by atoms with Crippen molar-refractivity contribution >= 4 is 0 Å². The fourth-order valence-electron chi connectivity index (χ4n) is 8.66. The van der Waals surface area contributed by atoms with Crippen LogP contribution < -0.4 is 0 Å². The maximum atomic E-state index is 13.1. The zero-order valence-electron chi connectivity index (χ0n) is 64.1. The molecule has 0 unspecified atom stereocenters. The van der Waals surface area contributed by atoms with E-state index in [0.29, 0.717) is 11.1 Å². The number of nitrogens with zero attached hydrogens (tertiary/aromatic N) is 2. The lowest BCUT2D eigenvalue weighted by molar-refractivity contribution is -0.138. The van der Waals surface area contributed by atoms with Gasteiger partial charge in [-0.3, -0.25) is 9.97 Å². The van der Waals surface area contributed by atoms with Crippen LogP contribution in [0.3, 0.4) is 0 Å². The number of aromatic nitrogens is 2. The standard InChI is InChI=1S/C12H15F3.C11H15F.4C11H16.2C10H15N/c1-8-5-6-9(11(2,3)4)7-10(8)12(13,14)15;1-8-5-6-9(7-10(8)12)11(2,3)4;2*1-9-5-7-10(8-6-9)11(2,3)4;2*1-9-6-5-7-10(8-9)11(2,3)4;1-8-5-6-9(11-7-8)10(2,3)4;1-8-6-5-7-9(11-8)10(2,3)4/h5-7H,1-4H3;5-7H,1-4H3;4*5-8H,1-4H3;2*5-7H,1-4H3. The average Bonchev–Trinajstić information content (AvgIpc) is 0.911. The van der Waals surface area contributed by atoms with E-state index in [4.69, 9.17) is 0 Å². The van der Waals surface area contributed by atoms with E-state index in [0.717, 1.165) is 22.6 Å². The molecule has 0 spiro atoms. The van der Waals surface area contributed by atoms with Gasteiger partial charge >= 0.3 is 6.18 Å². The molecular weight excluding hydrogens is 1150 g/mol. The maximum Gasteiger partial charge on any atom is 0.416 e. The molecule has 0 radical (unpaired) electrons. The summed E-state index contributed by atoms with van der Waals surface area (Å²) in [5.41, 5.74) is 19.1. The summed E-state index contributed by atoms with van der Waals surface area (Å²) in [5, 5.41) is 0. The molecule has 0 saturated carbocycles. The molecule has 0 amide bonds. The molecule has 0 atom stereocenters. The molecule has 8 rings (SSSR count). The molecule has 0 aliphatic carbocycles. The summed E-state index contributed by atoms with van der Waals surface area (Å²) in [4.78, 5) is 8.79. The molecule has 8 aromatic rings. The van der Waals surface area contributed by atoms with E-state index in [9.17, 15) is 17.6 Å². The third-order valence-electron chi connectivity index (χ3n) is 15.4. The highest BCUT2D eigenvalue weighted by molar-refractivity contribution is 5.37. The lowest BCUT2D eigenvalue weighted by Crippen LogP contribution is -2.14. The zero-order valence-corrected chi connectivity index (χ0v) is 64.1. The van der Waals surface area contributed by atoms with Gasteiger partial charge in [0.2, 0.25) is 0 Å². The van der Waals surface area contributed by atoms with Crippen LogP contribution in [-0.2, 0) is 49.5 Å². The Bertz CT molecular complexity index is 3190. The Morgan fingerprint density at radius 3 is 0.871 bits per heavy atom. The topological polar surface area (TPSA) is 25.8 Å². The van der Waals surface area contributed by atoms with Crippen molar-refractivity contribution in [3.05, 3.63) is 271 Å². The van der Waals surface area contributed by atoms with Crippen molar-refractivity contribution in [3.8, 4) is 0 Å². The molecule has 0 saturated heterocycles. The zero-order chi connectivity index (χ0) is 72.1. The molecule has 0 N–H and O–H groups in total. The Hall–Kier alpha value is -6.66. The van der Waals surface area contributed by atoms with E-state index in [1.807, 2.05) is 52.1 Å². The fraction of sp³-hybridized carbons (Fsp3) is 0.471. The molecule has 6 heteroatoms. The third-order valence-corrected chi connectivity index (χ3v) is 15.4. The summed E-state index contributed by atoms with van der Waals surface area (Å²) in [5.74, 6) is -0.109. The van der Waals surface area contributed by atoms with E-state index in [-0.39, 0.29) is 54.7 Å². The monoisotopic (exact) mass is 1270 g/mol. The van der Waals surface area contributed by atoms with Gasteiger partial charge in [0, 0.05) is 34.1 Å². The minimum atomic E-state index is -4.26. The summed E-state index contributed by atoms with van der Waals surface area (Å²) >= 11 is 0. The second-order valence-corrected chi connectivity index (χ2v) is 33.3. The Morgan fingerprint density at radius 1 is 0.269 bits per heavy atom. The van der Waals surface area contributed by atoms with Gasteiger partial charge in [0.1, 0.15) is 5.82 Å². The van der Waals surface area contributed by atoms with Crippen molar-refractivity contribution < 1.29 is 17.6 Å². The Labute approximate surface area is 566 Å².